The van der Waals surface area contributed by atoms with Gasteiger partial charge in [0.25, 0.3) is 5.91 Å². The van der Waals surface area contributed by atoms with Gasteiger partial charge in [-0.25, -0.2) is 0 Å². The third-order valence-corrected chi connectivity index (χ3v) is 3.85. The van der Waals surface area contributed by atoms with Crippen LogP contribution in [0.4, 0.5) is 0 Å². The van der Waals surface area contributed by atoms with Crippen LogP contribution < -0.4 is 19.5 Å². The highest BCUT2D eigenvalue weighted by Gasteiger charge is 2.13. The van der Waals surface area contributed by atoms with Crippen LogP contribution in [-0.2, 0) is 4.79 Å². The zero-order chi connectivity index (χ0) is 18.4. The molecule has 0 saturated carbocycles. The third kappa shape index (κ3) is 5.14. The summed E-state index contributed by atoms with van der Waals surface area (Å²) in [6, 6.07) is 11.3. The van der Waals surface area contributed by atoms with Crippen molar-refractivity contribution in [2.75, 3.05) is 20.8 Å². The van der Waals surface area contributed by atoms with E-state index in [0.29, 0.717) is 17.2 Å². The molecular weight excluding hydrogens is 318 g/mol. The number of ether oxygens (including phenoxy) is 3. The van der Waals surface area contributed by atoms with Crippen LogP contribution in [-0.4, -0.2) is 26.7 Å². The van der Waals surface area contributed by atoms with Crippen LogP contribution in [0, 0.1) is 13.8 Å². The minimum Gasteiger partial charge on any atom is -0.493 e. The smallest absolute Gasteiger partial charge is 0.258 e. The number of hydrogen-bond donors (Lipinski definition) is 1. The Hall–Kier alpha value is -2.69. The van der Waals surface area contributed by atoms with Crippen LogP contribution >= 0.6 is 0 Å². The molecule has 134 valence electrons. The number of nitrogens with one attached hydrogen (secondary N) is 1. The summed E-state index contributed by atoms with van der Waals surface area (Å²) in [5, 5.41) is 2.92. The van der Waals surface area contributed by atoms with E-state index < -0.39 is 0 Å². The second-order valence-electron chi connectivity index (χ2n) is 6.02. The van der Waals surface area contributed by atoms with Crippen LogP contribution in [0.3, 0.4) is 0 Å². The summed E-state index contributed by atoms with van der Waals surface area (Å²) < 4.78 is 16.1. The lowest BCUT2D eigenvalue weighted by Crippen LogP contribution is -2.31. The van der Waals surface area contributed by atoms with E-state index in [4.69, 9.17) is 14.2 Å². The van der Waals surface area contributed by atoms with E-state index in [1.165, 1.54) is 0 Å². The monoisotopic (exact) mass is 343 g/mol. The van der Waals surface area contributed by atoms with Crippen LogP contribution in [0.2, 0.25) is 0 Å². The lowest BCUT2D eigenvalue weighted by molar-refractivity contribution is -0.123. The first kappa shape index (κ1) is 18.6. The van der Waals surface area contributed by atoms with E-state index in [1.807, 2.05) is 51.1 Å². The Balaban J connectivity index is 1.95. The number of methoxy groups -OCH3 is 2. The summed E-state index contributed by atoms with van der Waals surface area (Å²) in [6.45, 7) is 5.88. The minimum absolute atomic E-state index is 0.0273. The first-order chi connectivity index (χ1) is 11.9. The van der Waals surface area contributed by atoms with Crippen molar-refractivity contribution in [2.24, 2.45) is 0 Å². The Morgan fingerprint density at radius 1 is 1.00 bits per heavy atom. The van der Waals surface area contributed by atoms with Gasteiger partial charge in [0, 0.05) is 0 Å². The summed E-state index contributed by atoms with van der Waals surface area (Å²) in [5.41, 5.74) is 3.14. The summed E-state index contributed by atoms with van der Waals surface area (Å²) in [5.74, 6) is 1.81. The Kier molecular flexibility index (Phi) is 6.28. The molecule has 0 radical (unpaired) electrons. The fourth-order valence-electron chi connectivity index (χ4n) is 2.65. The highest BCUT2D eigenvalue weighted by Crippen LogP contribution is 2.29. The standard InChI is InChI=1S/C20H25NO4/c1-13-8-14(2)10-17(9-13)25-12-20(22)21-15(3)16-6-7-18(23-4)19(11-16)24-5/h6-11,15H,12H2,1-5H3,(H,21,22). The minimum atomic E-state index is -0.179. The molecular formula is C20H25NO4. The van der Waals surface area contributed by atoms with Gasteiger partial charge >= 0.3 is 0 Å². The fraction of sp³-hybridized carbons (Fsp3) is 0.350. The molecule has 0 spiro atoms. The Labute approximate surface area is 148 Å². The van der Waals surface area contributed by atoms with Crippen LogP contribution in [0.15, 0.2) is 36.4 Å². The van der Waals surface area contributed by atoms with E-state index in [2.05, 4.69) is 11.4 Å². The van der Waals surface area contributed by atoms with Crippen LogP contribution in [0.5, 0.6) is 17.2 Å². The number of aryl methyl sites for hydroxylation is 2. The second kappa shape index (κ2) is 8.42. The van der Waals surface area contributed by atoms with E-state index >= 15 is 0 Å². The summed E-state index contributed by atoms with van der Waals surface area (Å²) in [7, 11) is 3.18. The Bertz CT molecular complexity index is 722. The molecule has 25 heavy (non-hydrogen) atoms. The van der Waals surface area contributed by atoms with E-state index in [1.54, 1.807) is 14.2 Å². The molecule has 1 N–H and O–H groups in total. The molecule has 2 rings (SSSR count). The van der Waals surface area contributed by atoms with Crippen LogP contribution in [0.25, 0.3) is 0 Å². The molecule has 5 heteroatoms. The molecule has 0 aliphatic rings. The first-order valence-electron chi connectivity index (χ1n) is 8.15. The van der Waals surface area contributed by atoms with Crippen molar-refractivity contribution < 1.29 is 19.0 Å². The van der Waals surface area contributed by atoms with Crippen molar-refractivity contribution in [3.63, 3.8) is 0 Å². The number of hydrogen-bond acceptors (Lipinski definition) is 4. The lowest BCUT2D eigenvalue weighted by Gasteiger charge is -2.17. The quantitative estimate of drug-likeness (QED) is 0.835. The molecule has 0 saturated heterocycles. The lowest BCUT2D eigenvalue weighted by atomic mass is 10.1. The predicted octanol–water partition coefficient (Wildman–Crippen LogP) is 3.58. The molecule has 0 bridgehead atoms. The number of amides is 1. The maximum Gasteiger partial charge on any atom is 0.258 e. The van der Waals surface area contributed by atoms with E-state index in [9.17, 15) is 4.79 Å². The molecule has 5 nitrogen and oxygen atoms in total. The predicted molar refractivity (Wildman–Crippen MR) is 97.5 cm³/mol. The molecule has 1 atom stereocenters. The number of benzene rings is 2. The molecule has 2 aromatic carbocycles. The van der Waals surface area contributed by atoms with Gasteiger partial charge in [0.05, 0.1) is 20.3 Å². The highest BCUT2D eigenvalue weighted by molar-refractivity contribution is 5.78. The van der Waals surface area contributed by atoms with Crippen molar-refractivity contribution in [3.8, 4) is 17.2 Å². The van der Waals surface area contributed by atoms with Gasteiger partial charge in [-0.15, -0.1) is 0 Å². The normalized spacial score (nSPS) is 11.6. The average molecular weight is 343 g/mol. The second-order valence-corrected chi connectivity index (χ2v) is 6.02. The van der Waals surface area contributed by atoms with Gasteiger partial charge in [0.1, 0.15) is 5.75 Å². The topological polar surface area (TPSA) is 56.8 Å². The van der Waals surface area contributed by atoms with Crippen molar-refractivity contribution in [1.82, 2.24) is 5.32 Å². The van der Waals surface area contributed by atoms with Crippen molar-refractivity contribution in [3.05, 3.63) is 53.1 Å². The molecule has 0 heterocycles. The van der Waals surface area contributed by atoms with Gasteiger partial charge in [-0.1, -0.05) is 12.1 Å². The average Bonchev–Trinajstić information content (AvgIpc) is 2.58. The van der Waals surface area contributed by atoms with Gasteiger partial charge in [-0.2, -0.15) is 0 Å². The third-order valence-electron chi connectivity index (χ3n) is 3.85. The number of carbonyl (C=O) groups is 1. The molecule has 2 aromatic rings. The summed E-state index contributed by atoms with van der Waals surface area (Å²) >= 11 is 0. The number of rotatable bonds is 7. The van der Waals surface area contributed by atoms with Gasteiger partial charge < -0.3 is 19.5 Å². The van der Waals surface area contributed by atoms with Gasteiger partial charge in [-0.05, 0) is 61.7 Å². The Morgan fingerprint density at radius 2 is 1.64 bits per heavy atom. The molecule has 0 aliphatic heterocycles. The van der Waals surface area contributed by atoms with E-state index in [0.717, 1.165) is 16.7 Å². The summed E-state index contributed by atoms with van der Waals surface area (Å²) in [6.07, 6.45) is 0. The highest BCUT2D eigenvalue weighted by atomic mass is 16.5. The van der Waals surface area contributed by atoms with Crippen molar-refractivity contribution >= 4 is 5.91 Å². The molecule has 0 aliphatic carbocycles. The summed E-state index contributed by atoms with van der Waals surface area (Å²) in [4.78, 5) is 12.2. The maximum absolute atomic E-state index is 12.2. The van der Waals surface area contributed by atoms with Crippen LogP contribution in [0.1, 0.15) is 29.7 Å². The van der Waals surface area contributed by atoms with Gasteiger partial charge in [0.15, 0.2) is 18.1 Å². The first-order valence-corrected chi connectivity index (χ1v) is 8.15. The van der Waals surface area contributed by atoms with Gasteiger partial charge in [0.2, 0.25) is 0 Å². The number of carbonyl (C=O) groups excluding carboxylic acids is 1. The van der Waals surface area contributed by atoms with Crippen molar-refractivity contribution in [2.45, 2.75) is 26.8 Å². The zero-order valence-corrected chi connectivity index (χ0v) is 15.4. The molecule has 1 amide bonds. The molecule has 0 fully saturated rings. The maximum atomic E-state index is 12.2. The van der Waals surface area contributed by atoms with Gasteiger partial charge in [-0.3, -0.25) is 4.79 Å². The molecule has 0 aromatic heterocycles. The fourth-order valence-corrected chi connectivity index (χ4v) is 2.65. The molecule has 1 unspecified atom stereocenters. The SMILES string of the molecule is COc1ccc(C(C)NC(=O)COc2cc(C)cc(C)c2)cc1OC. The Morgan fingerprint density at radius 3 is 2.24 bits per heavy atom. The zero-order valence-electron chi connectivity index (χ0n) is 15.4. The van der Waals surface area contributed by atoms with Crippen molar-refractivity contribution in [1.29, 1.82) is 0 Å². The van der Waals surface area contributed by atoms with E-state index in [-0.39, 0.29) is 18.6 Å². The largest absolute Gasteiger partial charge is 0.493 e.